The summed E-state index contributed by atoms with van der Waals surface area (Å²) in [7, 11) is 0. The summed E-state index contributed by atoms with van der Waals surface area (Å²) >= 11 is 0. The highest BCUT2D eigenvalue weighted by Gasteiger charge is 2.26. The first-order valence-corrected chi connectivity index (χ1v) is 6.29. The van der Waals surface area contributed by atoms with Crippen molar-refractivity contribution in [3.63, 3.8) is 0 Å². The molecule has 0 bridgehead atoms. The van der Waals surface area contributed by atoms with Crippen molar-refractivity contribution in [3.8, 4) is 0 Å². The number of rotatable bonds is 5. The number of hydrazone groups is 2. The molecule has 2 heterocycles. The van der Waals surface area contributed by atoms with E-state index in [-0.39, 0.29) is 24.2 Å². The highest BCUT2D eigenvalue weighted by Crippen LogP contribution is 2.13. The number of carbonyl (C=O) groups is 2. The lowest BCUT2D eigenvalue weighted by molar-refractivity contribution is -0.123. The van der Waals surface area contributed by atoms with Crippen LogP contribution < -0.4 is 10.9 Å². The van der Waals surface area contributed by atoms with Crippen LogP contribution in [-0.2, 0) is 9.59 Å². The van der Waals surface area contributed by atoms with E-state index in [9.17, 15) is 9.59 Å². The maximum atomic E-state index is 11.7. The molecule has 2 amide bonds. The van der Waals surface area contributed by atoms with E-state index in [0.717, 1.165) is 0 Å². The van der Waals surface area contributed by atoms with Crippen molar-refractivity contribution in [1.82, 2.24) is 10.9 Å². The predicted molar refractivity (Wildman–Crippen MR) is 73.0 cm³/mol. The van der Waals surface area contributed by atoms with Gasteiger partial charge in [0, 0.05) is 12.1 Å². The number of nitrogens with zero attached hydrogens (tertiary/aromatic N) is 2. The summed E-state index contributed by atoms with van der Waals surface area (Å²) in [4.78, 5) is 23.1. The molecule has 1 aromatic heterocycles. The minimum absolute atomic E-state index is 0.162. The number of hydrogen-bond acceptors (Lipinski definition) is 5. The minimum Gasteiger partial charge on any atom is -0.463 e. The first kappa shape index (κ1) is 14.0. The Kier molecular flexibility index (Phi) is 4.29. The predicted octanol–water partition coefficient (Wildman–Crippen LogP) is 1.02. The van der Waals surface area contributed by atoms with Crippen molar-refractivity contribution in [2.45, 2.75) is 26.7 Å². The van der Waals surface area contributed by atoms with Crippen molar-refractivity contribution in [3.05, 3.63) is 24.2 Å². The molecule has 0 unspecified atom stereocenters. The van der Waals surface area contributed by atoms with Crippen LogP contribution in [0.1, 0.15) is 32.4 Å². The van der Waals surface area contributed by atoms with E-state index in [4.69, 9.17) is 4.42 Å². The van der Waals surface area contributed by atoms with Crippen LogP contribution in [0.25, 0.3) is 0 Å². The minimum atomic E-state index is -0.323. The van der Waals surface area contributed by atoms with Gasteiger partial charge >= 0.3 is 0 Å². The molecular weight excluding hydrogens is 260 g/mol. The maximum absolute atomic E-state index is 11.7. The third-order valence-corrected chi connectivity index (χ3v) is 3.05. The van der Waals surface area contributed by atoms with E-state index < -0.39 is 0 Å². The van der Waals surface area contributed by atoms with Crippen LogP contribution in [-0.4, -0.2) is 23.2 Å². The van der Waals surface area contributed by atoms with Crippen molar-refractivity contribution < 1.29 is 14.0 Å². The van der Waals surface area contributed by atoms with E-state index in [0.29, 0.717) is 23.6 Å². The fraction of sp³-hybridized carbons (Fsp3) is 0.385. The third-order valence-electron chi connectivity index (χ3n) is 3.05. The van der Waals surface area contributed by atoms with E-state index in [2.05, 4.69) is 21.1 Å². The summed E-state index contributed by atoms with van der Waals surface area (Å²) in [5.41, 5.74) is 6.12. The van der Waals surface area contributed by atoms with Crippen LogP contribution in [0.4, 0.5) is 0 Å². The maximum Gasteiger partial charge on any atom is 0.248 e. The molecule has 1 aliphatic heterocycles. The van der Waals surface area contributed by atoms with E-state index >= 15 is 0 Å². The molecule has 7 heteroatoms. The van der Waals surface area contributed by atoms with Gasteiger partial charge in [-0.05, 0) is 32.4 Å². The van der Waals surface area contributed by atoms with Gasteiger partial charge in [-0.1, -0.05) is 0 Å². The molecule has 1 atom stereocenters. The monoisotopic (exact) mass is 276 g/mol. The Balaban J connectivity index is 1.80. The zero-order valence-corrected chi connectivity index (χ0v) is 11.3. The number of nitrogens with one attached hydrogen (secondary N) is 2. The Morgan fingerprint density at radius 2 is 2.40 bits per heavy atom. The molecule has 7 nitrogen and oxygen atoms in total. The lowest BCUT2D eigenvalue weighted by atomic mass is 9.99. The van der Waals surface area contributed by atoms with Crippen molar-refractivity contribution in [2.75, 3.05) is 0 Å². The second-order valence-corrected chi connectivity index (χ2v) is 4.53. The standard InChI is InChI=1S/C13H16N4O3/c1-8-10(13(19)17-14-8)5-6-12(18)16-15-9(2)11-4-3-7-20-11/h3-4,7,10H,5-6H2,1-2H3,(H,16,18)(H,17,19)/b15-9-/t10-/m0/s1. The summed E-state index contributed by atoms with van der Waals surface area (Å²) in [6.45, 7) is 3.50. The molecule has 1 aliphatic rings. The lowest BCUT2D eigenvalue weighted by Gasteiger charge is -2.06. The summed E-state index contributed by atoms with van der Waals surface area (Å²) in [6, 6.07) is 3.50. The van der Waals surface area contributed by atoms with Crippen LogP contribution in [0.5, 0.6) is 0 Å². The number of furan rings is 1. The normalized spacial score (nSPS) is 18.7. The quantitative estimate of drug-likeness (QED) is 0.620. The summed E-state index contributed by atoms with van der Waals surface area (Å²) < 4.78 is 5.15. The van der Waals surface area contributed by atoms with E-state index in [1.54, 1.807) is 26.0 Å². The van der Waals surface area contributed by atoms with Gasteiger partial charge in [-0.15, -0.1) is 0 Å². The van der Waals surface area contributed by atoms with Crippen LogP contribution in [0.15, 0.2) is 33.0 Å². The number of hydrogen-bond donors (Lipinski definition) is 2. The van der Waals surface area contributed by atoms with Gasteiger partial charge in [-0.2, -0.15) is 10.2 Å². The van der Waals surface area contributed by atoms with Gasteiger partial charge in [0.2, 0.25) is 11.8 Å². The second kappa shape index (κ2) is 6.14. The first-order valence-electron chi connectivity index (χ1n) is 6.29. The number of amides is 2. The van der Waals surface area contributed by atoms with Gasteiger partial charge in [0.25, 0.3) is 0 Å². The molecule has 0 saturated carbocycles. The zero-order chi connectivity index (χ0) is 14.5. The largest absolute Gasteiger partial charge is 0.463 e. The van der Waals surface area contributed by atoms with Crippen molar-refractivity contribution in [2.24, 2.45) is 16.1 Å². The average Bonchev–Trinajstić information content (AvgIpc) is 3.05. The Bertz CT molecular complexity index is 560. The average molecular weight is 276 g/mol. The Morgan fingerprint density at radius 1 is 1.60 bits per heavy atom. The summed E-state index contributed by atoms with van der Waals surface area (Å²) in [5, 5.41) is 7.77. The summed E-state index contributed by atoms with van der Waals surface area (Å²) in [6.07, 6.45) is 2.17. The molecule has 0 fully saturated rings. The molecule has 2 N–H and O–H groups in total. The molecule has 0 aliphatic carbocycles. The van der Waals surface area contributed by atoms with Gasteiger partial charge in [-0.25, -0.2) is 10.9 Å². The van der Waals surface area contributed by atoms with Crippen LogP contribution >= 0.6 is 0 Å². The molecule has 2 rings (SSSR count). The second-order valence-electron chi connectivity index (χ2n) is 4.53. The molecule has 0 radical (unpaired) electrons. The highest BCUT2D eigenvalue weighted by atomic mass is 16.3. The van der Waals surface area contributed by atoms with Crippen LogP contribution in [0, 0.1) is 5.92 Å². The van der Waals surface area contributed by atoms with Crippen molar-refractivity contribution in [1.29, 1.82) is 0 Å². The van der Waals surface area contributed by atoms with Gasteiger partial charge in [0.1, 0.15) is 11.5 Å². The van der Waals surface area contributed by atoms with Crippen LogP contribution in [0.2, 0.25) is 0 Å². The van der Waals surface area contributed by atoms with Crippen molar-refractivity contribution >= 4 is 23.2 Å². The van der Waals surface area contributed by atoms with Gasteiger partial charge < -0.3 is 4.42 Å². The molecular formula is C13H16N4O3. The lowest BCUT2D eigenvalue weighted by Crippen LogP contribution is -2.25. The fourth-order valence-electron chi connectivity index (χ4n) is 1.85. The molecule has 0 saturated heterocycles. The molecule has 106 valence electrons. The highest BCUT2D eigenvalue weighted by molar-refractivity contribution is 6.07. The third kappa shape index (κ3) is 3.31. The topological polar surface area (TPSA) is 96.1 Å². The van der Waals surface area contributed by atoms with Crippen LogP contribution in [0.3, 0.4) is 0 Å². The van der Waals surface area contributed by atoms with E-state index in [1.165, 1.54) is 6.26 Å². The molecule has 1 aromatic rings. The molecule has 20 heavy (non-hydrogen) atoms. The molecule has 0 aromatic carbocycles. The SMILES string of the molecule is CC1=NNC(=O)[C@H]1CCC(=O)N/N=C(/C)c1ccco1. The zero-order valence-electron chi connectivity index (χ0n) is 11.3. The number of carbonyl (C=O) groups excluding carboxylic acids is 2. The first-order chi connectivity index (χ1) is 9.58. The smallest absolute Gasteiger partial charge is 0.248 e. The Labute approximate surface area is 116 Å². The van der Waals surface area contributed by atoms with Gasteiger partial charge in [0.05, 0.1) is 12.2 Å². The molecule has 0 spiro atoms. The Morgan fingerprint density at radius 3 is 3.00 bits per heavy atom. The van der Waals surface area contributed by atoms with E-state index in [1.807, 2.05) is 0 Å². The van der Waals surface area contributed by atoms with Gasteiger partial charge in [-0.3, -0.25) is 9.59 Å². The summed E-state index contributed by atoms with van der Waals surface area (Å²) in [5.74, 6) is -0.131. The van der Waals surface area contributed by atoms with Gasteiger partial charge in [0.15, 0.2) is 0 Å². The Hall–Kier alpha value is -2.44. The fourth-order valence-corrected chi connectivity index (χ4v) is 1.85.